The van der Waals surface area contributed by atoms with E-state index in [0.717, 1.165) is 4.48 Å². The fourth-order valence-corrected chi connectivity index (χ4v) is 2.56. The average Bonchev–Trinajstić information content (AvgIpc) is 2.34. The van der Waals surface area contributed by atoms with E-state index in [1.165, 1.54) is 0 Å². The second-order valence-electron chi connectivity index (χ2n) is 4.16. The molecule has 2 atom stereocenters. The molecule has 0 aliphatic heterocycles. The van der Waals surface area contributed by atoms with Gasteiger partial charge in [0.15, 0.2) is 0 Å². The summed E-state index contributed by atoms with van der Waals surface area (Å²) in [6, 6.07) is -0.422. The summed E-state index contributed by atoms with van der Waals surface area (Å²) in [4.78, 5) is 10.5. The van der Waals surface area contributed by atoms with Gasteiger partial charge in [0.2, 0.25) is 5.70 Å². The Balaban J connectivity index is 3.17. The molecule has 96 valence electrons. The number of hydrogen-bond donors (Lipinski definition) is 1. The Hall–Kier alpha value is -0.750. The van der Waals surface area contributed by atoms with Gasteiger partial charge in [0.25, 0.3) is 0 Å². The van der Waals surface area contributed by atoms with Gasteiger partial charge < -0.3 is 5.73 Å². The van der Waals surface area contributed by atoms with Gasteiger partial charge in [-0.3, -0.25) is 10.1 Å². The Morgan fingerprint density at radius 1 is 1.71 bits per heavy atom. The maximum atomic E-state index is 13.0. The second-order valence-corrected chi connectivity index (χ2v) is 5.07. The molecule has 0 aromatic heterocycles. The molecular weight excluding hydrogens is 291 g/mol. The van der Waals surface area contributed by atoms with Crippen molar-refractivity contribution in [3.63, 3.8) is 0 Å². The monoisotopic (exact) mass is 306 g/mol. The van der Waals surface area contributed by atoms with Gasteiger partial charge in [0.05, 0.1) is 4.92 Å². The zero-order chi connectivity index (χ0) is 13.0. The van der Waals surface area contributed by atoms with Crippen LogP contribution in [0.1, 0.15) is 26.2 Å². The summed E-state index contributed by atoms with van der Waals surface area (Å²) in [5.41, 5.74) is 6.16. The van der Waals surface area contributed by atoms with E-state index in [2.05, 4.69) is 15.9 Å². The quantitative estimate of drug-likeness (QED) is 0.630. The van der Waals surface area contributed by atoms with Gasteiger partial charge >= 0.3 is 0 Å². The van der Waals surface area contributed by atoms with Crippen molar-refractivity contribution in [2.24, 2.45) is 11.7 Å². The number of hydrogen-bond acceptors (Lipinski definition) is 3. The van der Waals surface area contributed by atoms with Gasteiger partial charge in [-0.25, -0.2) is 4.39 Å². The number of nitrogens with zero attached hydrogens (tertiary/aromatic N) is 1. The first-order valence-electron chi connectivity index (χ1n) is 5.52. The van der Waals surface area contributed by atoms with Crippen LogP contribution in [-0.2, 0) is 0 Å². The lowest BCUT2D eigenvalue weighted by atomic mass is 9.92. The molecule has 4 nitrogen and oxygen atoms in total. The van der Waals surface area contributed by atoms with Crippen LogP contribution < -0.4 is 5.73 Å². The van der Waals surface area contributed by atoms with Crippen LogP contribution in [0.25, 0.3) is 0 Å². The largest absolute Gasteiger partial charge is 0.323 e. The van der Waals surface area contributed by atoms with Crippen molar-refractivity contribution in [1.82, 2.24) is 0 Å². The van der Waals surface area contributed by atoms with E-state index in [9.17, 15) is 14.5 Å². The highest BCUT2D eigenvalue weighted by Gasteiger charge is 2.28. The summed E-state index contributed by atoms with van der Waals surface area (Å²) in [6.07, 6.45) is 3.55. The van der Waals surface area contributed by atoms with E-state index in [1.807, 2.05) is 6.08 Å². The molecule has 0 aromatic carbocycles. The maximum absolute atomic E-state index is 13.0. The molecule has 2 N–H and O–H groups in total. The number of nitro groups is 1. The van der Waals surface area contributed by atoms with Crippen LogP contribution in [0.3, 0.4) is 0 Å². The lowest BCUT2D eigenvalue weighted by Crippen LogP contribution is -2.31. The molecule has 2 unspecified atom stereocenters. The molecule has 0 amide bonds. The molecule has 1 rings (SSSR count). The fraction of sp³-hybridized carbons (Fsp3) is 0.636. The normalized spacial score (nSPS) is 34.2. The van der Waals surface area contributed by atoms with Crippen molar-refractivity contribution in [2.75, 3.05) is 6.67 Å². The van der Waals surface area contributed by atoms with E-state index >= 15 is 0 Å². The van der Waals surface area contributed by atoms with Gasteiger partial charge in [0, 0.05) is 28.4 Å². The highest BCUT2D eigenvalue weighted by Crippen LogP contribution is 2.29. The molecular formula is C11H16BrFN2O2. The van der Waals surface area contributed by atoms with E-state index in [0.29, 0.717) is 19.3 Å². The molecule has 0 bridgehead atoms. The van der Waals surface area contributed by atoms with Crippen LogP contribution in [0.5, 0.6) is 0 Å². The lowest BCUT2D eigenvalue weighted by molar-refractivity contribution is -0.429. The van der Waals surface area contributed by atoms with Crippen LogP contribution in [0.15, 0.2) is 21.8 Å². The summed E-state index contributed by atoms with van der Waals surface area (Å²) in [7, 11) is 0. The summed E-state index contributed by atoms with van der Waals surface area (Å²) in [5.74, 6) is -0.371. The molecule has 1 aliphatic carbocycles. The molecule has 0 spiro atoms. The van der Waals surface area contributed by atoms with E-state index in [1.54, 1.807) is 6.92 Å². The smallest absolute Gasteiger partial charge is 0.248 e. The second kappa shape index (κ2) is 6.26. The van der Waals surface area contributed by atoms with Crippen molar-refractivity contribution in [1.29, 1.82) is 0 Å². The summed E-state index contributed by atoms with van der Waals surface area (Å²) < 4.78 is 13.8. The Morgan fingerprint density at radius 2 is 2.35 bits per heavy atom. The highest BCUT2D eigenvalue weighted by atomic mass is 79.9. The van der Waals surface area contributed by atoms with Crippen LogP contribution in [0, 0.1) is 16.0 Å². The molecule has 6 heteroatoms. The van der Waals surface area contributed by atoms with Crippen molar-refractivity contribution in [3.8, 4) is 0 Å². The minimum Gasteiger partial charge on any atom is -0.323 e. The highest BCUT2D eigenvalue weighted by molar-refractivity contribution is 9.11. The lowest BCUT2D eigenvalue weighted by Gasteiger charge is -2.20. The zero-order valence-electron chi connectivity index (χ0n) is 9.66. The summed E-state index contributed by atoms with van der Waals surface area (Å²) in [5, 5.41) is 10.9. The predicted octanol–water partition coefficient (Wildman–Crippen LogP) is 2.91. The molecule has 17 heavy (non-hydrogen) atoms. The van der Waals surface area contributed by atoms with Gasteiger partial charge in [-0.15, -0.1) is 0 Å². The van der Waals surface area contributed by atoms with Gasteiger partial charge in [-0.2, -0.15) is 0 Å². The molecule has 0 radical (unpaired) electrons. The number of allylic oxidation sites excluding steroid dienone is 2. The Bertz CT molecular complexity index is 368. The minimum atomic E-state index is -0.814. The van der Waals surface area contributed by atoms with E-state index < -0.39 is 17.6 Å². The topological polar surface area (TPSA) is 69.2 Å². The SMILES string of the molecule is CC1/C(CF)=C(/[N+](=O)[O-])CCC/C=C(/Br)C1N. The number of alkyl halides is 1. The first-order valence-corrected chi connectivity index (χ1v) is 6.31. The van der Waals surface area contributed by atoms with Crippen LogP contribution >= 0.6 is 15.9 Å². The Labute approximate surface area is 108 Å². The average molecular weight is 307 g/mol. The van der Waals surface area contributed by atoms with E-state index in [4.69, 9.17) is 5.73 Å². The fourth-order valence-electron chi connectivity index (χ4n) is 1.93. The molecule has 0 heterocycles. The Kier molecular flexibility index (Phi) is 5.27. The first kappa shape index (κ1) is 14.3. The third-order valence-electron chi connectivity index (χ3n) is 3.10. The van der Waals surface area contributed by atoms with Crippen molar-refractivity contribution in [3.05, 3.63) is 31.9 Å². The van der Waals surface area contributed by atoms with Crippen molar-refractivity contribution in [2.45, 2.75) is 32.2 Å². The van der Waals surface area contributed by atoms with Crippen LogP contribution in [-0.4, -0.2) is 17.6 Å². The van der Waals surface area contributed by atoms with Crippen molar-refractivity contribution < 1.29 is 9.31 Å². The third kappa shape index (κ3) is 3.35. The van der Waals surface area contributed by atoms with Crippen LogP contribution in [0.2, 0.25) is 0 Å². The summed E-state index contributed by atoms with van der Waals surface area (Å²) in [6.45, 7) is 0.912. The molecule has 0 fully saturated rings. The van der Waals surface area contributed by atoms with Crippen LogP contribution in [0.4, 0.5) is 4.39 Å². The van der Waals surface area contributed by atoms with Gasteiger partial charge in [-0.05, 0) is 12.8 Å². The Morgan fingerprint density at radius 3 is 2.88 bits per heavy atom. The predicted molar refractivity (Wildman–Crippen MR) is 68.0 cm³/mol. The number of rotatable bonds is 2. The van der Waals surface area contributed by atoms with E-state index in [-0.39, 0.29) is 17.2 Å². The first-order chi connectivity index (χ1) is 7.99. The summed E-state index contributed by atoms with van der Waals surface area (Å²) >= 11 is 3.35. The number of halogens is 2. The molecule has 1 aliphatic rings. The maximum Gasteiger partial charge on any atom is 0.248 e. The molecule has 0 aromatic rings. The molecule has 0 saturated heterocycles. The minimum absolute atomic E-state index is 0.00829. The van der Waals surface area contributed by atoms with Gasteiger partial charge in [-0.1, -0.05) is 28.9 Å². The van der Waals surface area contributed by atoms with Crippen molar-refractivity contribution >= 4 is 15.9 Å². The zero-order valence-corrected chi connectivity index (χ0v) is 11.2. The van der Waals surface area contributed by atoms with Gasteiger partial charge in [0.1, 0.15) is 6.67 Å². The molecule has 0 saturated carbocycles. The standard InChI is InChI=1S/C11H16BrFN2O2/c1-7-8(6-13)10(15(16)17)5-3-2-4-9(12)11(7)14/h4,7,11H,2-3,5-6,14H2,1H3/b9-4+,10-8+. The third-order valence-corrected chi connectivity index (χ3v) is 3.95. The number of nitrogens with two attached hydrogens (primary N) is 1.